The van der Waals surface area contributed by atoms with Crippen molar-refractivity contribution in [2.75, 3.05) is 11.6 Å². The van der Waals surface area contributed by atoms with Crippen LogP contribution in [0.5, 0.6) is 0 Å². The normalized spacial score (nSPS) is 21.5. The fourth-order valence-electron chi connectivity index (χ4n) is 3.19. The van der Waals surface area contributed by atoms with Crippen molar-refractivity contribution in [3.05, 3.63) is 35.9 Å². The molecular weight excluding hydrogens is 324 g/mol. The summed E-state index contributed by atoms with van der Waals surface area (Å²) in [6.45, 7) is 0.234. The molecule has 2 fully saturated rings. The molecule has 1 N–H and O–H groups in total. The molecule has 2 amide bonds. The van der Waals surface area contributed by atoms with Gasteiger partial charge in [0, 0.05) is 11.8 Å². The number of benzene rings is 1. The third-order valence-electron chi connectivity index (χ3n) is 4.58. The predicted octanol–water partition coefficient (Wildman–Crippen LogP) is 3.15. The minimum Gasteiger partial charge on any atom is -0.445 e. The number of nitrogens with one attached hydrogen (secondary N) is 1. The smallest absolute Gasteiger partial charge is 0.411 e. The van der Waals surface area contributed by atoms with Crippen LogP contribution in [0.15, 0.2) is 30.3 Å². The minimum absolute atomic E-state index is 0.0384. The third kappa shape index (κ3) is 4.44. The Morgan fingerprint density at radius 3 is 2.67 bits per heavy atom. The summed E-state index contributed by atoms with van der Waals surface area (Å²) >= 11 is 1.59. The molecular formula is C18H24N2O3S. The Morgan fingerprint density at radius 2 is 1.92 bits per heavy atom. The van der Waals surface area contributed by atoms with Crippen molar-refractivity contribution >= 4 is 23.8 Å². The van der Waals surface area contributed by atoms with Crippen molar-refractivity contribution < 1.29 is 14.3 Å². The van der Waals surface area contributed by atoms with E-state index in [2.05, 4.69) is 5.32 Å². The van der Waals surface area contributed by atoms with Crippen LogP contribution in [0.1, 0.15) is 37.7 Å². The Kier molecular flexibility index (Phi) is 6.01. The third-order valence-corrected chi connectivity index (χ3v) is 5.59. The van der Waals surface area contributed by atoms with Crippen LogP contribution in [0, 0.1) is 0 Å². The van der Waals surface area contributed by atoms with Crippen LogP contribution in [0.4, 0.5) is 4.79 Å². The summed E-state index contributed by atoms with van der Waals surface area (Å²) in [5.74, 6) is 1.11. The standard InChI is InChI=1S/C18H24N2O3S/c21-17(19-15-9-5-2-6-10-15)16-12-24-13-20(16)18(22)23-11-14-7-3-1-4-8-14/h1,3-4,7-8,15-16H,2,5-6,9-13H2,(H,19,21)/t16-/m1/s1. The molecule has 130 valence electrons. The number of hydrogen-bond donors (Lipinski definition) is 1. The van der Waals surface area contributed by atoms with Gasteiger partial charge >= 0.3 is 6.09 Å². The lowest BCUT2D eigenvalue weighted by atomic mass is 9.95. The second-order valence-corrected chi connectivity index (χ2v) is 7.37. The molecule has 1 aliphatic heterocycles. The van der Waals surface area contributed by atoms with Gasteiger partial charge in [0.1, 0.15) is 12.6 Å². The van der Waals surface area contributed by atoms with Crippen LogP contribution in [-0.4, -0.2) is 40.6 Å². The molecule has 6 heteroatoms. The highest BCUT2D eigenvalue weighted by Gasteiger charge is 2.36. The van der Waals surface area contributed by atoms with Gasteiger partial charge in [0.25, 0.3) is 0 Å². The van der Waals surface area contributed by atoms with E-state index in [1.165, 1.54) is 19.3 Å². The van der Waals surface area contributed by atoms with Crippen LogP contribution in [0.3, 0.4) is 0 Å². The van der Waals surface area contributed by atoms with E-state index < -0.39 is 12.1 Å². The number of carbonyl (C=O) groups is 2. The van der Waals surface area contributed by atoms with E-state index >= 15 is 0 Å². The fraction of sp³-hybridized carbons (Fsp3) is 0.556. The predicted molar refractivity (Wildman–Crippen MR) is 94.6 cm³/mol. The highest BCUT2D eigenvalue weighted by Crippen LogP contribution is 2.24. The summed E-state index contributed by atoms with van der Waals surface area (Å²) < 4.78 is 5.38. The van der Waals surface area contributed by atoms with E-state index in [9.17, 15) is 9.59 Å². The van der Waals surface area contributed by atoms with Crippen LogP contribution in [0.2, 0.25) is 0 Å². The number of amides is 2. The summed E-state index contributed by atoms with van der Waals surface area (Å²) in [5, 5.41) is 3.12. The van der Waals surface area contributed by atoms with Crippen molar-refractivity contribution in [3.63, 3.8) is 0 Å². The fourth-order valence-corrected chi connectivity index (χ4v) is 4.33. The number of thioether (sulfide) groups is 1. The maximum atomic E-state index is 12.5. The van der Waals surface area contributed by atoms with Crippen molar-refractivity contribution in [1.82, 2.24) is 10.2 Å². The van der Waals surface area contributed by atoms with Gasteiger partial charge in [-0.25, -0.2) is 4.79 Å². The molecule has 5 nitrogen and oxygen atoms in total. The molecule has 0 unspecified atom stereocenters. The molecule has 1 saturated heterocycles. The molecule has 0 radical (unpaired) electrons. The maximum Gasteiger partial charge on any atom is 0.411 e. The highest BCUT2D eigenvalue weighted by atomic mass is 32.2. The van der Waals surface area contributed by atoms with E-state index in [1.54, 1.807) is 16.7 Å². The van der Waals surface area contributed by atoms with Crippen LogP contribution in [0.25, 0.3) is 0 Å². The Balaban J connectivity index is 1.52. The van der Waals surface area contributed by atoms with Gasteiger partial charge in [0.05, 0.1) is 5.88 Å². The molecule has 0 aromatic heterocycles. The molecule has 0 bridgehead atoms. The molecule has 1 aromatic carbocycles. The number of carbonyl (C=O) groups excluding carboxylic acids is 2. The molecule has 2 aliphatic rings. The molecule has 1 heterocycles. The summed E-state index contributed by atoms with van der Waals surface area (Å²) in [5.41, 5.74) is 0.945. The maximum absolute atomic E-state index is 12.5. The van der Waals surface area contributed by atoms with Crippen LogP contribution in [-0.2, 0) is 16.1 Å². The van der Waals surface area contributed by atoms with E-state index in [0.29, 0.717) is 11.6 Å². The summed E-state index contributed by atoms with van der Waals surface area (Å²) in [6, 6.07) is 9.43. The summed E-state index contributed by atoms with van der Waals surface area (Å²) in [4.78, 5) is 26.4. The quantitative estimate of drug-likeness (QED) is 0.908. The summed E-state index contributed by atoms with van der Waals surface area (Å²) in [6.07, 6.45) is 5.28. The first kappa shape index (κ1) is 17.1. The van der Waals surface area contributed by atoms with Gasteiger partial charge in [0.2, 0.25) is 5.91 Å². The second-order valence-electron chi connectivity index (χ2n) is 6.37. The van der Waals surface area contributed by atoms with Gasteiger partial charge in [0.15, 0.2) is 0 Å². The monoisotopic (exact) mass is 348 g/mol. The van der Waals surface area contributed by atoms with Gasteiger partial charge in [-0.05, 0) is 18.4 Å². The van der Waals surface area contributed by atoms with Gasteiger partial charge < -0.3 is 10.1 Å². The van der Waals surface area contributed by atoms with Gasteiger partial charge in [-0.3, -0.25) is 9.69 Å². The Hall–Kier alpha value is -1.69. The zero-order valence-electron chi connectivity index (χ0n) is 13.8. The number of ether oxygens (including phenoxy) is 1. The first-order chi connectivity index (χ1) is 11.7. The summed E-state index contributed by atoms with van der Waals surface area (Å²) in [7, 11) is 0. The van der Waals surface area contributed by atoms with E-state index in [0.717, 1.165) is 18.4 Å². The average Bonchev–Trinajstić information content (AvgIpc) is 3.11. The van der Waals surface area contributed by atoms with E-state index in [4.69, 9.17) is 4.74 Å². The first-order valence-electron chi connectivity index (χ1n) is 8.59. The lowest BCUT2D eigenvalue weighted by Gasteiger charge is -2.27. The average molecular weight is 348 g/mol. The minimum atomic E-state index is -0.416. The lowest BCUT2D eigenvalue weighted by molar-refractivity contribution is -0.125. The second kappa shape index (κ2) is 8.42. The highest BCUT2D eigenvalue weighted by molar-refractivity contribution is 7.99. The number of rotatable bonds is 4. The van der Waals surface area contributed by atoms with Crippen molar-refractivity contribution in [1.29, 1.82) is 0 Å². The topological polar surface area (TPSA) is 58.6 Å². The molecule has 1 atom stereocenters. The van der Waals surface area contributed by atoms with Gasteiger partial charge in [-0.2, -0.15) is 0 Å². The zero-order chi connectivity index (χ0) is 16.8. The lowest BCUT2D eigenvalue weighted by Crippen LogP contribution is -2.50. The van der Waals surface area contributed by atoms with Crippen molar-refractivity contribution in [2.24, 2.45) is 0 Å². The Bertz CT molecular complexity index is 561. The molecule has 0 spiro atoms. The number of nitrogens with zero attached hydrogens (tertiary/aromatic N) is 1. The van der Waals surface area contributed by atoms with Gasteiger partial charge in [-0.15, -0.1) is 11.8 Å². The zero-order valence-corrected chi connectivity index (χ0v) is 14.6. The molecule has 24 heavy (non-hydrogen) atoms. The number of hydrogen-bond acceptors (Lipinski definition) is 4. The molecule has 1 aliphatic carbocycles. The van der Waals surface area contributed by atoms with Gasteiger partial charge in [-0.1, -0.05) is 49.6 Å². The van der Waals surface area contributed by atoms with E-state index in [1.807, 2.05) is 30.3 Å². The Labute approximate surface area is 147 Å². The molecule has 3 rings (SSSR count). The van der Waals surface area contributed by atoms with E-state index in [-0.39, 0.29) is 18.6 Å². The molecule has 1 saturated carbocycles. The molecule has 1 aromatic rings. The largest absolute Gasteiger partial charge is 0.445 e. The SMILES string of the molecule is O=C(NC1CCCCC1)[C@H]1CSCN1C(=O)OCc1ccccc1. The Morgan fingerprint density at radius 1 is 1.17 bits per heavy atom. The van der Waals surface area contributed by atoms with Crippen LogP contribution >= 0.6 is 11.8 Å². The van der Waals surface area contributed by atoms with Crippen molar-refractivity contribution in [3.8, 4) is 0 Å². The van der Waals surface area contributed by atoms with Crippen LogP contribution < -0.4 is 5.32 Å². The first-order valence-corrected chi connectivity index (χ1v) is 9.75. The van der Waals surface area contributed by atoms with Crippen molar-refractivity contribution in [2.45, 2.75) is 50.8 Å².